The summed E-state index contributed by atoms with van der Waals surface area (Å²) in [5, 5.41) is 14.5. The number of nitrogens with one attached hydrogen (secondary N) is 2. The summed E-state index contributed by atoms with van der Waals surface area (Å²) in [6, 6.07) is 9.03. The zero-order valence-corrected chi connectivity index (χ0v) is 13.1. The van der Waals surface area contributed by atoms with E-state index in [1.165, 1.54) is 0 Å². The van der Waals surface area contributed by atoms with Crippen LogP contribution in [0.4, 0.5) is 4.79 Å². The van der Waals surface area contributed by atoms with Crippen LogP contribution < -0.4 is 10.6 Å². The molecule has 1 aromatic rings. The molecule has 0 aliphatic rings. The Morgan fingerprint density at radius 2 is 2.19 bits per heavy atom. The number of ether oxygens (including phenoxy) is 1. The zero-order chi connectivity index (χ0) is 15.9. The largest absolute Gasteiger partial charge is 0.379 e. The summed E-state index contributed by atoms with van der Waals surface area (Å²) in [6.45, 7) is 6.30. The zero-order valence-electron chi connectivity index (χ0n) is 13.1. The van der Waals surface area contributed by atoms with Gasteiger partial charge in [-0.15, -0.1) is 0 Å². The van der Waals surface area contributed by atoms with E-state index in [0.29, 0.717) is 12.1 Å². The fourth-order valence-corrected chi connectivity index (χ4v) is 2.08. The van der Waals surface area contributed by atoms with Crippen molar-refractivity contribution < 1.29 is 9.53 Å². The Kier molecular flexibility index (Phi) is 6.19. The lowest BCUT2D eigenvalue weighted by molar-refractivity contribution is 0.00950. The molecule has 1 aromatic carbocycles. The molecule has 2 amide bonds. The van der Waals surface area contributed by atoms with Crippen LogP contribution in [0, 0.1) is 11.3 Å². The van der Waals surface area contributed by atoms with Crippen molar-refractivity contribution in [1.82, 2.24) is 10.6 Å². The first-order chi connectivity index (χ1) is 9.86. The number of carbonyl (C=O) groups is 1. The first kappa shape index (κ1) is 17.0. The van der Waals surface area contributed by atoms with E-state index >= 15 is 0 Å². The highest BCUT2D eigenvalue weighted by molar-refractivity contribution is 5.74. The van der Waals surface area contributed by atoms with E-state index in [9.17, 15) is 4.79 Å². The Morgan fingerprint density at radius 1 is 1.48 bits per heavy atom. The van der Waals surface area contributed by atoms with E-state index < -0.39 is 0 Å². The number of hydrogen-bond acceptors (Lipinski definition) is 3. The number of carbonyl (C=O) groups excluding carboxylic acids is 1. The molecule has 0 saturated carbocycles. The first-order valence-corrected chi connectivity index (χ1v) is 6.95. The minimum absolute atomic E-state index is 0.00499. The van der Waals surface area contributed by atoms with Gasteiger partial charge >= 0.3 is 6.03 Å². The predicted molar refractivity (Wildman–Crippen MR) is 81.7 cm³/mol. The third-order valence-corrected chi connectivity index (χ3v) is 3.24. The average Bonchev–Trinajstić information content (AvgIpc) is 2.44. The minimum atomic E-state index is -0.270. The molecule has 1 rings (SSSR count). The van der Waals surface area contributed by atoms with Gasteiger partial charge in [-0.2, -0.15) is 5.26 Å². The fourth-order valence-electron chi connectivity index (χ4n) is 2.08. The number of rotatable bonds is 6. The van der Waals surface area contributed by atoms with Crippen molar-refractivity contribution in [2.75, 3.05) is 7.11 Å². The molecule has 0 spiro atoms. The van der Waals surface area contributed by atoms with E-state index in [-0.39, 0.29) is 17.7 Å². The normalized spacial score (nSPS) is 12.3. The fraction of sp³-hybridized carbons (Fsp3) is 0.500. The number of urea groups is 1. The molecule has 21 heavy (non-hydrogen) atoms. The van der Waals surface area contributed by atoms with Gasteiger partial charge in [-0.05, 0) is 44.9 Å². The van der Waals surface area contributed by atoms with Crippen molar-refractivity contribution in [3.8, 4) is 6.07 Å². The molecule has 0 bridgehead atoms. The molecular weight excluding hydrogens is 266 g/mol. The highest BCUT2D eigenvalue weighted by atomic mass is 16.5. The van der Waals surface area contributed by atoms with Crippen LogP contribution in [0.1, 0.15) is 38.3 Å². The number of nitrogens with zero attached hydrogens (tertiary/aromatic N) is 1. The maximum atomic E-state index is 11.8. The summed E-state index contributed by atoms with van der Waals surface area (Å²) >= 11 is 0. The maximum absolute atomic E-state index is 11.8. The van der Waals surface area contributed by atoms with Crippen LogP contribution in [0.3, 0.4) is 0 Å². The lowest BCUT2D eigenvalue weighted by Crippen LogP contribution is -2.43. The van der Waals surface area contributed by atoms with E-state index in [4.69, 9.17) is 10.00 Å². The van der Waals surface area contributed by atoms with Crippen LogP contribution in [0.5, 0.6) is 0 Å². The molecule has 0 aromatic heterocycles. The van der Waals surface area contributed by atoms with Crippen molar-refractivity contribution in [3.05, 3.63) is 35.4 Å². The van der Waals surface area contributed by atoms with E-state index in [1.54, 1.807) is 25.3 Å². The minimum Gasteiger partial charge on any atom is -0.379 e. The first-order valence-electron chi connectivity index (χ1n) is 6.95. The Bertz CT molecular complexity index is 520. The summed E-state index contributed by atoms with van der Waals surface area (Å²) in [5.41, 5.74) is 1.22. The van der Waals surface area contributed by atoms with Gasteiger partial charge in [-0.25, -0.2) is 4.79 Å². The number of methoxy groups -OCH3 is 1. The van der Waals surface area contributed by atoms with E-state index in [0.717, 1.165) is 12.0 Å². The Morgan fingerprint density at radius 3 is 2.81 bits per heavy atom. The van der Waals surface area contributed by atoms with Crippen LogP contribution in [0.2, 0.25) is 0 Å². The standard InChI is InChI=1S/C16H23N3O2/c1-12(9-16(2,3)21-4)19-15(20)18-11-14-7-5-6-13(8-14)10-17/h5-8,12H,9,11H2,1-4H3,(H2,18,19,20). The number of benzene rings is 1. The third-order valence-electron chi connectivity index (χ3n) is 3.24. The van der Waals surface area contributed by atoms with Gasteiger partial charge in [0.25, 0.3) is 0 Å². The van der Waals surface area contributed by atoms with Crippen LogP contribution in [-0.4, -0.2) is 24.8 Å². The van der Waals surface area contributed by atoms with Crippen molar-refractivity contribution in [1.29, 1.82) is 5.26 Å². The van der Waals surface area contributed by atoms with Crippen LogP contribution in [-0.2, 0) is 11.3 Å². The van der Waals surface area contributed by atoms with Crippen molar-refractivity contribution in [2.24, 2.45) is 0 Å². The molecule has 0 aliphatic carbocycles. The van der Waals surface area contributed by atoms with E-state index in [1.807, 2.05) is 26.8 Å². The molecule has 0 radical (unpaired) electrons. The smallest absolute Gasteiger partial charge is 0.315 e. The quantitative estimate of drug-likeness (QED) is 0.845. The number of hydrogen-bond donors (Lipinski definition) is 2. The average molecular weight is 289 g/mol. The second kappa shape index (κ2) is 7.65. The van der Waals surface area contributed by atoms with Gasteiger partial charge in [0.1, 0.15) is 0 Å². The SMILES string of the molecule is COC(C)(C)CC(C)NC(=O)NCc1cccc(C#N)c1. The van der Waals surface area contributed by atoms with Gasteiger partial charge in [0, 0.05) is 19.7 Å². The van der Waals surface area contributed by atoms with Gasteiger partial charge in [0.05, 0.1) is 17.2 Å². The maximum Gasteiger partial charge on any atom is 0.315 e. The molecule has 0 fully saturated rings. The Hall–Kier alpha value is -2.06. The second-order valence-corrected chi connectivity index (χ2v) is 5.71. The highest BCUT2D eigenvalue weighted by Crippen LogP contribution is 2.15. The van der Waals surface area contributed by atoms with Crippen LogP contribution in [0.25, 0.3) is 0 Å². The van der Waals surface area contributed by atoms with Crippen LogP contribution >= 0.6 is 0 Å². The van der Waals surface area contributed by atoms with E-state index in [2.05, 4.69) is 16.7 Å². The third kappa shape index (κ3) is 6.28. The molecular formula is C16H23N3O2. The summed E-state index contributed by atoms with van der Waals surface area (Å²) in [7, 11) is 1.66. The molecule has 1 unspecified atom stereocenters. The molecule has 114 valence electrons. The molecule has 1 atom stereocenters. The van der Waals surface area contributed by atoms with Gasteiger partial charge in [0.15, 0.2) is 0 Å². The monoisotopic (exact) mass is 289 g/mol. The lowest BCUT2D eigenvalue weighted by atomic mass is 10.00. The van der Waals surface area contributed by atoms with Crippen LogP contribution in [0.15, 0.2) is 24.3 Å². The Balaban J connectivity index is 2.42. The topological polar surface area (TPSA) is 74.2 Å². The summed E-state index contributed by atoms with van der Waals surface area (Å²) < 4.78 is 5.34. The van der Waals surface area contributed by atoms with Gasteiger partial charge < -0.3 is 15.4 Å². The van der Waals surface area contributed by atoms with Gasteiger partial charge in [0.2, 0.25) is 0 Å². The van der Waals surface area contributed by atoms with Gasteiger partial charge in [-0.3, -0.25) is 0 Å². The lowest BCUT2D eigenvalue weighted by Gasteiger charge is -2.27. The number of nitriles is 1. The molecule has 0 heterocycles. The predicted octanol–water partition coefficient (Wildman–Crippen LogP) is 2.56. The van der Waals surface area contributed by atoms with Crippen molar-refractivity contribution in [2.45, 2.75) is 45.4 Å². The molecule has 5 heteroatoms. The molecule has 0 aliphatic heterocycles. The molecule has 5 nitrogen and oxygen atoms in total. The van der Waals surface area contributed by atoms with Crippen molar-refractivity contribution in [3.63, 3.8) is 0 Å². The summed E-state index contributed by atoms with van der Waals surface area (Å²) in [6.07, 6.45) is 0.723. The van der Waals surface area contributed by atoms with Crippen molar-refractivity contribution >= 4 is 6.03 Å². The number of amides is 2. The molecule has 2 N–H and O–H groups in total. The van der Waals surface area contributed by atoms with Gasteiger partial charge in [-0.1, -0.05) is 12.1 Å². The second-order valence-electron chi connectivity index (χ2n) is 5.71. The molecule has 0 saturated heterocycles. The summed E-state index contributed by atoms with van der Waals surface area (Å²) in [4.78, 5) is 11.8. The summed E-state index contributed by atoms with van der Waals surface area (Å²) in [5.74, 6) is 0. The highest BCUT2D eigenvalue weighted by Gasteiger charge is 2.21. The Labute approximate surface area is 126 Å².